The van der Waals surface area contributed by atoms with E-state index in [0.717, 1.165) is 11.5 Å². The third kappa shape index (κ3) is 2.44. The van der Waals surface area contributed by atoms with Crippen molar-refractivity contribution < 1.29 is 0 Å². The molecule has 0 unspecified atom stereocenters. The Labute approximate surface area is 84.9 Å². The van der Waals surface area contributed by atoms with Gasteiger partial charge in [0.15, 0.2) is 0 Å². The van der Waals surface area contributed by atoms with Crippen molar-refractivity contribution in [3.05, 3.63) is 17.8 Å². The minimum absolute atomic E-state index is 0.0514. The highest BCUT2D eigenvalue weighted by Crippen LogP contribution is 2.38. The van der Waals surface area contributed by atoms with Gasteiger partial charge in [-0.2, -0.15) is 5.10 Å². The Morgan fingerprint density at radius 2 is 1.93 bits per heavy atom. The predicted molar refractivity (Wildman–Crippen MR) is 57.4 cm³/mol. The van der Waals surface area contributed by atoms with Crippen LogP contribution in [0.3, 0.4) is 0 Å². The minimum atomic E-state index is 0.0514. The van der Waals surface area contributed by atoms with Gasteiger partial charge in [-0.25, -0.2) is 0 Å². The number of nitrogens with one attached hydrogen (secondary N) is 1. The molecular formula is C11H17N3. The molecule has 1 aromatic rings. The van der Waals surface area contributed by atoms with Gasteiger partial charge < -0.3 is 5.32 Å². The van der Waals surface area contributed by atoms with E-state index < -0.39 is 0 Å². The van der Waals surface area contributed by atoms with Crippen molar-refractivity contribution in [3.8, 4) is 0 Å². The average molecular weight is 191 g/mol. The Morgan fingerprint density at radius 3 is 2.36 bits per heavy atom. The van der Waals surface area contributed by atoms with Crippen LogP contribution in [0.4, 0.5) is 5.82 Å². The first-order valence-electron chi connectivity index (χ1n) is 5.16. The lowest BCUT2D eigenvalue weighted by Crippen LogP contribution is -2.26. The molecule has 0 atom stereocenters. The maximum Gasteiger partial charge on any atom is 0.149 e. The lowest BCUT2D eigenvalue weighted by molar-refractivity contribution is 0.627. The van der Waals surface area contributed by atoms with Crippen LogP contribution in [0.15, 0.2) is 12.1 Å². The lowest BCUT2D eigenvalue weighted by atomic mass is 10.1. The average Bonchev–Trinajstić information content (AvgIpc) is 2.85. The van der Waals surface area contributed by atoms with Gasteiger partial charge in [0, 0.05) is 11.5 Å². The highest BCUT2D eigenvalue weighted by atomic mass is 15.2. The molecular weight excluding hydrogens is 174 g/mol. The second-order valence-corrected chi connectivity index (χ2v) is 4.99. The summed E-state index contributed by atoms with van der Waals surface area (Å²) < 4.78 is 0. The molecule has 0 amide bonds. The summed E-state index contributed by atoms with van der Waals surface area (Å²) in [6, 6.07) is 4.10. The molecule has 1 saturated carbocycles. The summed E-state index contributed by atoms with van der Waals surface area (Å²) in [6.07, 6.45) is 2.56. The van der Waals surface area contributed by atoms with Crippen molar-refractivity contribution in [1.82, 2.24) is 10.2 Å². The fourth-order valence-electron chi connectivity index (χ4n) is 1.39. The quantitative estimate of drug-likeness (QED) is 0.780. The molecule has 1 aromatic heterocycles. The highest BCUT2D eigenvalue weighted by molar-refractivity contribution is 5.36. The molecule has 0 saturated heterocycles. The zero-order chi connectivity index (χ0) is 10.2. The molecule has 76 valence electrons. The Bertz CT molecular complexity index is 306. The zero-order valence-electron chi connectivity index (χ0n) is 9.04. The summed E-state index contributed by atoms with van der Waals surface area (Å²) in [5, 5.41) is 11.7. The van der Waals surface area contributed by atoms with Crippen LogP contribution < -0.4 is 5.32 Å². The van der Waals surface area contributed by atoms with E-state index in [1.807, 2.05) is 6.07 Å². The van der Waals surface area contributed by atoms with Crippen LogP contribution in [0.5, 0.6) is 0 Å². The van der Waals surface area contributed by atoms with Crippen LogP contribution in [-0.4, -0.2) is 15.7 Å². The van der Waals surface area contributed by atoms with Gasteiger partial charge in [0.05, 0.1) is 5.69 Å². The maximum atomic E-state index is 4.21. The number of rotatable bonds is 2. The minimum Gasteiger partial charge on any atom is -0.364 e. The van der Waals surface area contributed by atoms with Crippen molar-refractivity contribution in [2.45, 2.75) is 45.1 Å². The van der Waals surface area contributed by atoms with E-state index in [1.165, 1.54) is 12.8 Å². The third-order valence-electron chi connectivity index (χ3n) is 2.18. The first-order chi connectivity index (χ1) is 6.54. The smallest absolute Gasteiger partial charge is 0.149 e. The van der Waals surface area contributed by atoms with Gasteiger partial charge in [-0.05, 0) is 45.7 Å². The molecule has 0 spiro atoms. The van der Waals surface area contributed by atoms with E-state index in [0.29, 0.717) is 5.92 Å². The molecule has 14 heavy (non-hydrogen) atoms. The lowest BCUT2D eigenvalue weighted by Gasteiger charge is -2.20. The molecule has 1 aliphatic carbocycles. The van der Waals surface area contributed by atoms with E-state index in [9.17, 15) is 0 Å². The third-order valence-corrected chi connectivity index (χ3v) is 2.18. The van der Waals surface area contributed by atoms with Gasteiger partial charge in [0.25, 0.3) is 0 Å². The Balaban J connectivity index is 2.06. The molecule has 0 aromatic carbocycles. The van der Waals surface area contributed by atoms with Gasteiger partial charge in [-0.1, -0.05) is 0 Å². The van der Waals surface area contributed by atoms with Crippen molar-refractivity contribution >= 4 is 5.82 Å². The number of anilines is 1. The topological polar surface area (TPSA) is 37.8 Å². The molecule has 3 nitrogen and oxygen atoms in total. The first-order valence-corrected chi connectivity index (χ1v) is 5.16. The van der Waals surface area contributed by atoms with Gasteiger partial charge in [0.2, 0.25) is 0 Å². The SMILES string of the molecule is CC(C)(C)Nc1ccc(C2CC2)nn1. The van der Waals surface area contributed by atoms with E-state index in [-0.39, 0.29) is 5.54 Å². The van der Waals surface area contributed by atoms with Crippen LogP contribution >= 0.6 is 0 Å². The van der Waals surface area contributed by atoms with Crippen molar-refractivity contribution in [2.75, 3.05) is 5.32 Å². The second-order valence-electron chi connectivity index (χ2n) is 4.99. The summed E-state index contributed by atoms with van der Waals surface area (Å²) in [6.45, 7) is 6.34. The Morgan fingerprint density at radius 1 is 1.21 bits per heavy atom. The number of aromatic nitrogens is 2. The van der Waals surface area contributed by atoms with E-state index >= 15 is 0 Å². The van der Waals surface area contributed by atoms with Crippen LogP contribution in [0.1, 0.15) is 45.2 Å². The van der Waals surface area contributed by atoms with Gasteiger partial charge in [0.1, 0.15) is 5.82 Å². The molecule has 1 heterocycles. The van der Waals surface area contributed by atoms with E-state index in [1.54, 1.807) is 0 Å². The summed E-state index contributed by atoms with van der Waals surface area (Å²) in [5.41, 5.74) is 1.19. The van der Waals surface area contributed by atoms with Crippen molar-refractivity contribution in [1.29, 1.82) is 0 Å². The van der Waals surface area contributed by atoms with Gasteiger partial charge >= 0.3 is 0 Å². The standard InChI is InChI=1S/C11H17N3/c1-11(2,3)12-10-7-6-9(13-14-10)8-4-5-8/h6-8H,4-5H2,1-3H3,(H,12,14). The fraction of sp³-hybridized carbons (Fsp3) is 0.636. The van der Waals surface area contributed by atoms with Crippen LogP contribution in [-0.2, 0) is 0 Å². The van der Waals surface area contributed by atoms with Crippen LogP contribution in [0, 0.1) is 0 Å². The van der Waals surface area contributed by atoms with Crippen LogP contribution in [0.25, 0.3) is 0 Å². The number of hydrogen-bond acceptors (Lipinski definition) is 3. The van der Waals surface area contributed by atoms with Crippen molar-refractivity contribution in [2.24, 2.45) is 0 Å². The highest BCUT2D eigenvalue weighted by Gasteiger charge is 2.25. The summed E-state index contributed by atoms with van der Waals surface area (Å²) in [4.78, 5) is 0. The Kier molecular flexibility index (Phi) is 2.17. The fourth-order valence-corrected chi connectivity index (χ4v) is 1.39. The number of hydrogen-bond donors (Lipinski definition) is 1. The zero-order valence-corrected chi connectivity index (χ0v) is 9.04. The largest absolute Gasteiger partial charge is 0.364 e. The molecule has 3 heteroatoms. The molecule has 1 N–H and O–H groups in total. The second kappa shape index (κ2) is 3.23. The molecule has 1 aliphatic rings. The molecule has 0 aliphatic heterocycles. The monoisotopic (exact) mass is 191 g/mol. The number of nitrogens with zero attached hydrogens (tertiary/aromatic N) is 2. The summed E-state index contributed by atoms with van der Waals surface area (Å²) in [7, 11) is 0. The van der Waals surface area contributed by atoms with Gasteiger partial charge in [-0.3, -0.25) is 0 Å². The van der Waals surface area contributed by atoms with E-state index in [2.05, 4.69) is 42.4 Å². The molecule has 0 bridgehead atoms. The van der Waals surface area contributed by atoms with E-state index in [4.69, 9.17) is 0 Å². The maximum absolute atomic E-state index is 4.21. The molecule has 1 fully saturated rings. The van der Waals surface area contributed by atoms with Crippen molar-refractivity contribution in [3.63, 3.8) is 0 Å². The first kappa shape index (κ1) is 9.44. The normalized spacial score (nSPS) is 16.8. The van der Waals surface area contributed by atoms with Gasteiger partial charge in [-0.15, -0.1) is 5.10 Å². The molecule has 2 rings (SSSR count). The summed E-state index contributed by atoms with van der Waals surface area (Å²) >= 11 is 0. The predicted octanol–water partition coefficient (Wildman–Crippen LogP) is 2.56. The Hall–Kier alpha value is -1.12. The molecule has 0 radical (unpaired) electrons. The summed E-state index contributed by atoms with van der Waals surface area (Å²) in [5.74, 6) is 1.55. The van der Waals surface area contributed by atoms with Crippen LogP contribution in [0.2, 0.25) is 0 Å².